The van der Waals surface area contributed by atoms with Crippen LogP contribution in [0.2, 0.25) is 0 Å². The first kappa shape index (κ1) is 78.6. The molecule has 1 rings (SSSR count). The maximum atomic E-state index is 13.3. The number of rotatable bonds is 63. The molecular formula is C71H137NO10. The van der Waals surface area contributed by atoms with E-state index in [0.717, 1.165) is 38.5 Å². The molecule has 1 aliphatic heterocycles. The van der Waals surface area contributed by atoms with Crippen molar-refractivity contribution >= 4 is 5.91 Å². The Balaban J connectivity index is 2.19. The lowest BCUT2D eigenvalue weighted by molar-refractivity contribution is -0.303. The first-order chi connectivity index (χ1) is 40.2. The Morgan fingerprint density at radius 2 is 0.720 bits per heavy atom. The number of unbranched alkanes of at least 4 members (excludes halogenated alkanes) is 47. The lowest BCUT2D eigenvalue weighted by Crippen LogP contribution is -2.60. The van der Waals surface area contributed by atoms with E-state index in [4.69, 9.17) is 9.47 Å². The number of amides is 1. The molecule has 1 fully saturated rings. The zero-order chi connectivity index (χ0) is 59.6. The van der Waals surface area contributed by atoms with Gasteiger partial charge in [-0.1, -0.05) is 314 Å². The van der Waals surface area contributed by atoms with E-state index >= 15 is 0 Å². The van der Waals surface area contributed by atoms with Crippen LogP contribution in [0.4, 0.5) is 0 Å². The summed E-state index contributed by atoms with van der Waals surface area (Å²) >= 11 is 0. The van der Waals surface area contributed by atoms with Crippen LogP contribution >= 0.6 is 0 Å². The van der Waals surface area contributed by atoms with Crippen molar-refractivity contribution in [3.8, 4) is 0 Å². The standard InChI is InChI=1S/C71H137NO10/c1-3-5-7-9-11-13-15-17-19-21-23-25-27-28-29-30-31-32-33-34-35-37-39-41-43-45-47-49-51-53-55-57-59-64(75)70(80)72-62(61-81-71-69(79)68(78)67(77)65(60-73)82-71)66(76)63(74)58-56-54-52-50-48-46-44-42-40-38-36-26-24-22-20-18-16-14-12-10-8-6-4-2/h28-29,50,52,62-69,71,73-79H,3-27,30-49,51,53-61H2,1-2H3,(H,72,80)/b29-28-,52-50+. The van der Waals surface area contributed by atoms with Crippen LogP contribution < -0.4 is 5.32 Å². The summed E-state index contributed by atoms with van der Waals surface area (Å²) in [4.78, 5) is 13.3. The maximum Gasteiger partial charge on any atom is 0.249 e. The molecule has 0 radical (unpaired) electrons. The Labute approximate surface area is 505 Å². The molecule has 11 heteroatoms. The number of nitrogens with one attached hydrogen (secondary N) is 1. The lowest BCUT2D eigenvalue weighted by atomic mass is 9.98. The molecule has 486 valence electrons. The van der Waals surface area contributed by atoms with Crippen molar-refractivity contribution < 1.29 is 50.0 Å². The highest BCUT2D eigenvalue weighted by molar-refractivity contribution is 5.80. The van der Waals surface area contributed by atoms with E-state index < -0.39 is 74.2 Å². The van der Waals surface area contributed by atoms with Gasteiger partial charge in [0.1, 0.15) is 36.6 Å². The normalized spacial score (nSPS) is 19.2. The predicted molar refractivity (Wildman–Crippen MR) is 344 cm³/mol. The molecule has 0 aliphatic carbocycles. The van der Waals surface area contributed by atoms with Gasteiger partial charge in [-0.2, -0.15) is 0 Å². The van der Waals surface area contributed by atoms with E-state index in [1.807, 2.05) is 0 Å². The molecule has 0 bridgehead atoms. The topological polar surface area (TPSA) is 189 Å². The van der Waals surface area contributed by atoms with Crippen LogP contribution in [0.1, 0.15) is 354 Å². The van der Waals surface area contributed by atoms with Crippen molar-refractivity contribution in [2.24, 2.45) is 0 Å². The van der Waals surface area contributed by atoms with Crippen LogP contribution in [0.5, 0.6) is 0 Å². The van der Waals surface area contributed by atoms with Crippen LogP contribution in [-0.4, -0.2) is 110 Å². The van der Waals surface area contributed by atoms with Gasteiger partial charge in [-0.15, -0.1) is 0 Å². The Kier molecular flexibility index (Phi) is 57.4. The lowest BCUT2D eigenvalue weighted by Gasteiger charge is -2.40. The quantitative estimate of drug-likeness (QED) is 0.0215. The van der Waals surface area contributed by atoms with E-state index in [1.165, 1.54) is 276 Å². The van der Waals surface area contributed by atoms with E-state index in [-0.39, 0.29) is 12.8 Å². The third-order valence-electron chi connectivity index (χ3n) is 17.5. The minimum absolute atomic E-state index is 0.257. The molecule has 1 aliphatic rings. The van der Waals surface area contributed by atoms with Crippen LogP contribution in [-0.2, 0) is 14.3 Å². The fourth-order valence-electron chi connectivity index (χ4n) is 11.7. The second kappa shape index (κ2) is 59.9. The molecule has 0 spiro atoms. The van der Waals surface area contributed by atoms with E-state index in [2.05, 4.69) is 43.5 Å². The third-order valence-corrected chi connectivity index (χ3v) is 17.5. The average Bonchev–Trinajstić information content (AvgIpc) is 3.49. The number of aliphatic hydroxyl groups is 7. The highest BCUT2D eigenvalue weighted by Crippen LogP contribution is 2.24. The van der Waals surface area contributed by atoms with Crippen molar-refractivity contribution in [3.63, 3.8) is 0 Å². The monoisotopic (exact) mass is 1160 g/mol. The number of hydrogen-bond donors (Lipinski definition) is 8. The van der Waals surface area contributed by atoms with Crippen LogP contribution in [0.25, 0.3) is 0 Å². The number of carbonyl (C=O) groups is 1. The van der Waals surface area contributed by atoms with Gasteiger partial charge < -0.3 is 50.5 Å². The van der Waals surface area contributed by atoms with Crippen molar-refractivity contribution in [1.29, 1.82) is 0 Å². The molecule has 1 amide bonds. The SMILES string of the molecule is CCCCCCCCCCCCCC/C=C\CCCCCCCCCCCCCCCCCCC(O)C(=O)NC(COC1OC(CO)C(O)C(O)C1O)C(O)C(O)CCC/C=C/CCCCCCCCCCCCCCCCCCCC. The van der Waals surface area contributed by atoms with Crippen LogP contribution in [0.15, 0.2) is 24.3 Å². The van der Waals surface area contributed by atoms with Gasteiger partial charge in [-0.25, -0.2) is 0 Å². The van der Waals surface area contributed by atoms with Gasteiger partial charge in [0.15, 0.2) is 6.29 Å². The molecule has 9 atom stereocenters. The molecular weight excluding hydrogens is 1030 g/mol. The first-order valence-electron chi connectivity index (χ1n) is 35.7. The van der Waals surface area contributed by atoms with E-state index in [1.54, 1.807) is 0 Å². The number of ether oxygens (including phenoxy) is 2. The first-order valence-corrected chi connectivity index (χ1v) is 35.7. The molecule has 11 nitrogen and oxygen atoms in total. The fraction of sp³-hybridized carbons (Fsp3) is 0.930. The fourth-order valence-corrected chi connectivity index (χ4v) is 11.7. The number of carbonyl (C=O) groups excluding carboxylic acids is 1. The number of hydrogen-bond acceptors (Lipinski definition) is 10. The van der Waals surface area contributed by atoms with Crippen molar-refractivity contribution in [3.05, 3.63) is 24.3 Å². The summed E-state index contributed by atoms with van der Waals surface area (Å²) in [5.41, 5.74) is 0. The van der Waals surface area contributed by atoms with Crippen molar-refractivity contribution in [1.82, 2.24) is 5.32 Å². The number of allylic oxidation sites excluding steroid dienone is 4. The van der Waals surface area contributed by atoms with Crippen molar-refractivity contribution in [2.45, 2.75) is 409 Å². The molecule has 0 aromatic carbocycles. The predicted octanol–water partition coefficient (Wildman–Crippen LogP) is 17.2. The zero-order valence-corrected chi connectivity index (χ0v) is 53.8. The van der Waals surface area contributed by atoms with Gasteiger partial charge in [-0.3, -0.25) is 4.79 Å². The Bertz CT molecular complexity index is 1380. The van der Waals surface area contributed by atoms with Gasteiger partial charge in [0.2, 0.25) is 5.91 Å². The summed E-state index contributed by atoms with van der Waals surface area (Å²) in [5.74, 6) is -0.699. The van der Waals surface area contributed by atoms with Gasteiger partial charge >= 0.3 is 0 Å². The molecule has 8 N–H and O–H groups in total. The van der Waals surface area contributed by atoms with Crippen LogP contribution in [0, 0.1) is 0 Å². The highest BCUT2D eigenvalue weighted by Gasteiger charge is 2.44. The molecule has 1 heterocycles. The Morgan fingerprint density at radius 1 is 0.415 bits per heavy atom. The summed E-state index contributed by atoms with van der Waals surface area (Å²) in [7, 11) is 0. The summed E-state index contributed by atoms with van der Waals surface area (Å²) in [5, 5.41) is 76.5. The van der Waals surface area contributed by atoms with Crippen LogP contribution in [0.3, 0.4) is 0 Å². The Morgan fingerprint density at radius 3 is 1.05 bits per heavy atom. The summed E-state index contributed by atoms with van der Waals surface area (Å²) in [6, 6.07) is -1.18. The highest BCUT2D eigenvalue weighted by atomic mass is 16.7. The molecule has 1 saturated heterocycles. The smallest absolute Gasteiger partial charge is 0.249 e. The summed E-state index contributed by atoms with van der Waals surface area (Å²) < 4.78 is 11.2. The second-order valence-corrected chi connectivity index (χ2v) is 25.3. The van der Waals surface area contributed by atoms with Crippen molar-refractivity contribution in [2.75, 3.05) is 13.2 Å². The minimum atomic E-state index is -1.67. The van der Waals surface area contributed by atoms with Gasteiger partial charge in [0.25, 0.3) is 0 Å². The molecule has 82 heavy (non-hydrogen) atoms. The Hall–Kier alpha value is -1.41. The molecule has 0 aromatic rings. The van der Waals surface area contributed by atoms with E-state index in [0.29, 0.717) is 12.8 Å². The molecule has 0 saturated carbocycles. The zero-order valence-electron chi connectivity index (χ0n) is 53.8. The largest absolute Gasteiger partial charge is 0.394 e. The van der Waals surface area contributed by atoms with Gasteiger partial charge in [0, 0.05) is 0 Å². The van der Waals surface area contributed by atoms with Gasteiger partial charge in [-0.05, 0) is 64.2 Å². The van der Waals surface area contributed by atoms with E-state index in [9.17, 15) is 40.5 Å². The molecule has 0 aromatic heterocycles. The molecule has 9 unspecified atom stereocenters. The van der Waals surface area contributed by atoms with Gasteiger partial charge in [0.05, 0.1) is 25.4 Å². The summed E-state index contributed by atoms with van der Waals surface area (Å²) in [6.07, 6.45) is 64.1. The number of aliphatic hydroxyl groups excluding tert-OH is 7. The summed E-state index contributed by atoms with van der Waals surface area (Å²) in [6.45, 7) is 3.50. The minimum Gasteiger partial charge on any atom is -0.394 e. The second-order valence-electron chi connectivity index (χ2n) is 25.3. The third kappa shape index (κ3) is 46.8. The average molecular weight is 1160 g/mol. The maximum absolute atomic E-state index is 13.3.